The Hall–Kier alpha value is -3.26. The quantitative estimate of drug-likeness (QED) is 0.650. The molecule has 0 atom stereocenters. The van der Waals surface area contributed by atoms with Crippen molar-refractivity contribution < 1.29 is 23.0 Å². The number of alkyl halides is 2. The molecule has 1 aliphatic heterocycles. The van der Waals surface area contributed by atoms with E-state index in [2.05, 4.69) is 24.8 Å². The number of benzene rings is 2. The molecule has 0 saturated carbocycles. The summed E-state index contributed by atoms with van der Waals surface area (Å²) in [5, 5.41) is 2.83. The van der Waals surface area contributed by atoms with Crippen molar-refractivity contribution in [1.82, 2.24) is 9.97 Å². The molecule has 4 rings (SSSR count). The molecule has 148 valence electrons. The third-order valence-corrected chi connectivity index (χ3v) is 4.82. The van der Waals surface area contributed by atoms with Gasteiger partial charge in [0.2, 0.25) is 0 Å². The Kier molecular flexibility index (Phi) is 4.58. The third-order valence-electron chi connectivity index (χ3n) is 4.51. The van der Waals surface area contributed by atoms with Crippen molar-refractivity contribution in [3.8, 4) is 22.8 Å². The lowest BCUT2D eigenvalue weighted by molar-refractivity contribution is -0.286. The highest BCUT2D eigenvalue weighted by atomic mass is 35.5. The molecule has 29 heavy (non-hydrogen) atoms. The van der Waals surface area contributed by atoms with Gasteiger partial charge in [-0.3, -0.25) is 9.78 Å². The van der Waals surface area contributed by atoms with Gasteiger partial charge in [0.1, 0.15) is 0 Å². The highest BCUT2D eigenvalue weighted by molar-refractivity contribution is 6.33. The number of aromatic nitrogens is 2. The van der Waals surface area contributed by atoms with Gasteiger partial charge >= 0.3 is 6.29 Å². The highest BCUT2D eigenvalue weighted by Gasteiger charge is 2.43. The van der Waals surface area contributed by atoms with Gasteiger partial charge in [-0.25, -0.2) is 4.98 Å². The Morgan fingerprint density at radius 1 is 1.10 bits per heavy atom. The Morgan fingerprint density at radius 3 is 2.52 bits per heavy atom. The Balaban J connectivity index is 1.56. The summed E-state index contributed by atoms with van der Waals surface area (Å²) >= 11 is 6.15. The molecule has 3 aromatic rings. The summed E-state index contributed by atoms with van der Waals surface area (Å²) in [6, 6.07) is 7.98. The standard InChI is InChI=1S/C20H14ClF2N3O3/c1-10-4-3-5-12(11(10)2)19(27)26-18-9-24-15(8-25-18)13-6-16-17(7-14(13)21)29-20(22,23)28-16/h3-9H,1-2H3,(H,25,26,27). The van der Waals surface area contributed by atoms with Gasteiger partial charge in [-0.2, -0.15) is 0 Å². The molecule has 1 aliphatic rings. The van der Waals surface area contributed by atoms with E-state index in [9.17, 15) is 13.6 Å². The minimum absolute atomic E-state index is 0.145. The van der Waals surface area contributed by atoms with Crippen LogP contribution in [0.1, 0.15) is 21.5 Å². The summed E-state index contributed by atoms with van der Waals surface area (Å²) in [6.07, 6.45) is -1.01. The van der Waals surface area contributed by atoms with Crippen LogP contribution in [-0.4, -0.2) is 22.2 Å². The summed E-state index contributed by atoms with van der Waals surface area (Å²) < 4.78 is 35.2. The first-order valence-corrected chi connectivity index (χ1v) is 8.91. The van der Waals surface area contributed by atoms with E-state index in [0.29, 0.717) is 16.8 Å². The fourth-order valence-electron chi connectivity index (χ4n) is 2.88. The number of amides is 1. The molecular formula is C20H14ClF2N3O3. The number of fused-ring (bicyclic) bond motifs is 1. The molecule has 0 bridgehead atoms. The molecule has 0 spiro atoms. The van der Waals surface area contributed by atoms with E-state index in [1.165, 1.54) is 24.5 Å². The molecule has 0 saturated heterocycles. The zero-order valence-corrected chi connectivity index (χ0v) is 16.1. The molecule has 1 aromatic heterocycles. The molecule has 9 heteroatoms. The summed E-state index contributed by atoms with van der Waals surface area (Å²) in [7, 11) is 0. The zero-order chi connectivity index (χ0) is 20.8. The smallest absolute Gasteiger partial charge is 0.395 e. The molecular weight excluding hydrogens is 404 g/mol. The predicted octanol–water partition coefficient (Wildman–Crippen LogP) is 4.99. The molecule has 2 aromatic carbocycles. The number of hydrogen-bond acceptors (Lipinski definition) is 5. The first-order valence-electron chi connectivity index (χ1n) is 8.53. The maximum absolute atomic E-state index is 13.2. The minimum atomic E-state index is -3.74. The van der Waals surface area contributed by atoms with Crippen LogP contribution < -0.4 is 14.8 Å². The molecule has 1 N–H and O–H groups in total. The van der Waals surface area contributed by atoms with E-state index in [1.54, 1.807) is 12.1 Å². The SMILES string of the molecule is Cc1cccc(C(=O)Nc2cnc(-c3cc4c(cc3Cl)OC(F)(F)O4)cn2)c1C. The van der Waals surface area contributed by atoms with E-state index in [4.69, 9.17) is 11.6 Å². The van der Waals surface area contributed by atoms with Crippen molar-refractivity contribution in [1.29, 1.82) is 0 Å². The van der Waals surface area contributed by atoms with Crippen molar-refractivity contribution in [2.24, 2.45) is 0 Å². The minimum Gasteiger partial charge on any atom is -0.395 e. The highest BCUT2D eigenvalue weighted by Crippen LogP contribution is 2.45. The fourth-order valence-corrected chi connectivity index (χ4v) is 3.13. The number of halogens is 3. The lowest BCUT2D eigenvalue weighted by Gasteiger charge is -2.09. The monoisotopic (exact) mass is 417 g/mol. The van der Waals surface area contributed by atoms with Crippen LogP contribution in [0.5, 0.6) is 11.5 Å². The number of rotatable bonds is 3. The zero-order valence-electron chi connectivity index (χ0n) is 15.3. The molecule has 0 fully saturated rings. The van der Waals surface area contributed by atoms with Crippen LogP contribution in [0.2, 0.25) is 5.02 Å². The first kappa shape index (κ1) is 19.1. The number of nitrogens with one attached hydrogen (secondary N) is 1. The van der Waals surface area contributed by atoms with Crippen LogP contribution in [0.15, 0.2) is 42.7 Å². The summed E-state index contributed by atoms with van der Waals surface area (Å²) in [5.74, 6) is -0.378. The summed E-state index contributed by atoms with van der Waals surface area (Å²) in [4.78, 5) is 20.9. The van der Waals surface area contributed by atoms with Crippen LogP contribution in [0.25, 0.3) is 11.3 Å². The Morgan fingerprint density at radius 2 is 1.83 bits per heavy atom. The second-order valence-electron chi connectivity index (χ2n) is 6.43. The van der Waals surface area contributed by atoms with E-state index < -0.39 is 6.29 Å². The van der Waals surface area contributed by atoms with Gasteiger partial charge in [0, 0.05) is 17.2 Å². The number of ether oxygens (including phenoxy) is 2. The van der Waals surface area contributed by atoms with Crippen LogP contribution in [0.3, 0.4) is 0 Å². The summed E-state index contributed by atoms with van der Waals surface area (Å²) in [5.41, 5.74) is 3.07. The van der Waals surface area contributed by atoms with Crippen LogP contribution in [-0.2, 0) is 0 Å². The van der Waals surface area contributed by atoms with Gasteiger partial charge in [-0.05, 0) is 37.1 Å². The van der Waals surface area contributed by atoms with E-state index in [0.717, 1.165) is 11.1 Å². The van der Waals surface area contributed by atoms with Gasteiger partial charge in [-0.15, -0.1) is 8.78 Å². The Bertz CT molecular complexity index is 1120. The van der Waals surface area contributed by atoms with E-state index in [1.807, 2.05) is 19.9 Å². The molecule has 1 amide bonds. The maximum atomic E-state index is 13.2. The number of carbonyl (C=O) groups excluding carboxylic acids is 1. The van der Waals surface area contributed by atoms with Crippen molar-refractivity contribution in [2.75, 3.05) is 5.32 Å². The molecule has 0 unspecified atom stereocenters. The molecule has 0 radical (unpaired) electrons. The van der Waals surface area contributed by atoms with Crippen LogP contribution >= 0.6 is 11.6 Å². The van der Waals surface area contributed by atoms with Crippen LogP contribution in [0, 0.1) is 13.8 Å². The number of aryl methyl sites for hydroxylation is 1. The average Bonchev–Trinajstić information content (AvgIpc) is 2.96. The number of hydrogen-bond donors (Lipinski definition) is 1. The predicted molar refractivity (Wildman–Crippen MR) is 103 cm³/mol. The van der Waals surface area contributed by atoms with Gasteiger partial charge in [0.15, 0.2) is 17.3 Å². The molecule has 0 aliphatic carbocycles. The number of anilines is 1. The second kappa shape index (κ2) is 6.97. The van der Waals surface area contributed by atoms with E-state index >= 15 is 0 Å². The lowest BCUT2D eigenvalue weighted by Crippen LogP contribution is -2.25. The van der Waals surface area contributed by atoms with E-state index in [-0.39, 0.29) is 28.2 Å². The summed E-state index contributed by atoms with van der Waals surface area (Å²) in [6.45, 7) is 3.79. The first-order chi connectivity index (χ1) is 13.7. The van der Waals surface area contributed by atoms with Crippen molar-refractivity contribution >= 4 is 23.3 Å². The number of nitrogens with zero attached hydrogens (tertiary/aromatic N) is 2. The molecule has 6 nitrogen and oxygen atoms in total. The largest absolute Gasteiger partial charge is 0.586 e. The molecule has 2 heterocycles. The Labute approximate surface area is 169 Å². The van der Waals surface area contributed by atoms with Gasteiger partial charge in [0.25, 0.3) is 5.91 Å². The van der Waals surface area contributed by atoms with Crippen molar-refractivity contribution in [2.45, 2.75) is 20.1 Å². The average molecular weight is 418 g/mol. The number of carbonyl (C=O) groups is 1. The van der Waals surface area contributed by atoms with Gasteiger partial charge in [0.05, 0.1) is 23.1 Å². The topological polar surface area (TPSA) is 73.3 Å². The van der Waals surface area contributed by atoms with Gasteiger partial charge < -0.3 is 14.8 Å². The fraction of sp³-hybridized carbons (Fsp3) is 0.150. The second-order valence-corrected chi connectivity index (χ2v) is 6.84. The maximum Gasteiger partial charge on any atom is 0.586 e. The van der Waals surface area contributed by atoms with Crippen LogP contribution in [0.4, 0.5) is 14.6 Å². The lowest BCUT2D eigenvalue weighted by atomic mass is 10.0. The van der Waals surface area contributed by atoms with Crippen molar-refractivity contribution in [3.63, 3.8) is 0 Å². The van der Waals surface area contributed by atoms with Crippen molar-refractivity contribution in [3.05, 3.63) is 64.4 Å². The normalized spacial score (nSPS) is 14.0. The van der Waals surface area contributed by atoms with Gasteiger partial charge in [-0.1, -0.05) is 23.7 Å². The third kappa shape index (κ3) is 3.71.